The van der Waals surface area contributed by atoms with Crippen LogP contribution in [0.3, 0.4) is 0 Å². The summed E-state index contributed by atoms with van der Waals surface area (Å²) in [5.74, 6) is -1.90. The summed E-state index contributed by atoms with van der Waals surface area (Å²) in [4.78, 5) is 25.2. The number of aliphatic hydroxyl groups excluding tert-OH is 1. The maximum absolute atomic E-state index is 13.1. The van der Waals surface area contributed by atoms with E-state index >= 15 is 0 Å². The predicted octanol–water partition coefficient (Wildman–Crippen LogP) is 3.94. The predicted molar refractivity (Wildman–Crippen MR) is 91.3 cm³/mol. The van der Waals surface area contributed by atoms with E-state index in [1.807, 2.05) is 0 Å². The molecule has 3 rings (SSSR count). The van der Waals surface area contributed by atoms with Crippen molar-refractivity contribution in [3.05, 3.63) is 82.2 Å². The van der Waals surface area contributed by atoms with E-state index in [9.17, 15) is 19.1 Å². The molecule has 126 valence electrons. The van der Waals surface area contributed by atoms with Gasteiger partial charge in [0.05, 0.1) is 6.61 Å². The molecule has 1 N–H and O–H groups in total. The molecule has 0 spiro atoms. The molecule has 0 atom stereocenters. The van der Waals surface area contributed by atoms with Crippen molar-refractivity contribution < 1.29 is 23.8 Å². The van der Waals surface area contributed by atoms with Crippen LogP contribution in [0.15, 0.2) is 59.7 Å². The lowest BCUT2D eigenvalue weighted by atomic mass is 9.84. The third kappa shape index (κ3) is 3.08. The topological polar surface area (TPSA) is 63.6 Å². The van der Waals surface area contributed by atoms with Crippen LogP contribution in [0.5, 0.6) is 0 Å². The Morgan fingerprint density at radius 3 is 2.40 bits per heavy atom. The minimum atomic E-state index is -0.781. The molecule has 0 heterocycles. The first-order chi connectivity index (χ1) is 12.0. The fraction of sp³-hybridized carbons (Fsp3) is 0.100. The first-order valence-electron chi connectivity index (χ1n) is 7.75. The van der Waals surface area contributed by atoms with Gasteiger partial charge in [-0.1, -0.05) is 36.4 Å². The number of hydrogen-bond donors (Lipinski definition) is 1. The van der Waals surface area contributed by atoms with Crippen LogP contribution in [0.4, 0.5) is 4.39 Å². The SMILES string of the molecule is CCOC(=O)C1=C(O)c2ccccc2C(=O)C1=Cc1ccc(F)cc1. The van der Waals surface area contributed by atoms with Crippen LogP contribution in [0.25, 0.3) is 11.8 Å². The molecule has 2 aromatic carbocycles. The first-order valence-corrected chi connectivity index (χ1v) is 7.75. The Labute approximate surface area is 143 Å². The van der Waals surface area contributed by atoms with E-state index in [0.717, 1.165) is 0 Å². The molecular weight excluding hydrogens is 323 g/mol. The summed E-state index contributed by atoms with van der Waals surface area (Å²) in [6, 6.07) is 12.0. The largest absolute Gasteiger partial charge is 0.506 e. The average Bonchev–Trinajstić information content (AvgIpc) is 2.61. The van der Waals surface area contributed by atoms with Crippen LogP contribution >= 0.6 is 0 Å². The number of fused-ring (bicyclic) bond motifs is 1. The van der Waals surface area contributed by atoms with Crippen molar-refractivity contribution in [3.63, 3.8) is 0 Å². The Bertz CT molecular complexity index is 908. The molecule has 0 aliphatic heterocycles. The zero-order valence-corrected chi connectivity index (χ0v) is 13.5. The summed E-state index contributed by atoms with van der Waals surface area (Å²) >= 11 is 0. The number of ether oxygens (including phenoxy) is 1. The molecule has 5 heteroatoms. The first kappa shape index (κ1) is 16.6. The summed E-state index contributed by atoms with van der Waals surface area (Å²) in [5, 5.41) is 10.6. The standard InChI is InChI=1S/C20H15FO4/c1-2-25-20(24)17-16(11-12-7-9-13(21)10-8-12)18(22)14-5-3-4-6-15(14)19(17)23/h3-11,23H,2H2,1H3. The molecule has 0 saturated carbocycles. The normalized spacial score (nSPS) is 15.3. The molecule has 0 aromatic heterocycles. The molecule has 0 amide bonds. The number of halogens is 1. The Hall–Kier alpha value is -3.21. The van der Waals surface area contributed by atoms with E-state index in [1.54, 1.807) is 31.2 Å². The molecule has 0 bridgehead atoms. The highest BCUT2D eigenvalue weighted by atomic mass is 19.1. The third-order valence-electron chi connectivity index (χ3n) is 3.84. The second-order valence-corrected chi connectivity index (χ2v) is 5.43. The highest BCUT2D eigenvalue weighted by Gasteiger charge is 2.34. The molecule has 0 saturated heterocycles. The lowest BCUT2D eigenvalue weighted by Gasteiger charge is -2.20. The third-order valence-corrected chi connectivity index (χ3v) is 3.84. The molecule has 0 radical (unpaired) electrons. The van der Waals surface area contributed by atoms with Crippen molar-refractivity contribution in [2.24, 2.45) is 0 Å². The number of aliphatic hydroxyl groups is 1. The molecule has 0 fully saturated rings. The minimum absolute atomic E-state index is 0.0151. The van der Waals surface area contributed by atoms with Crippen molar-refractivity contribution >= 4 is 23.6 Å². The van der Waals surface area contributed by atoms with Crippen LogP contribution < -0.4 is 0 Å². The van der Waals surface area contributed by atoms with Gasteiger partial charge in [0.15, 0.2) is 5.78 Å². The summed E-state index contributed by atoms with van der Waals surface area (Å²) in [5.41, 5.74) is 0.933. The van der Waals surface area contributed by atoms with E-state index in [2.05, 4.69) is 0 Å². The van der Waals surface area contributed by atoms with E-state index < -0.39 is 17.6 Å². The molecule has 25 heavy (non-hydrogen) atoms. The Morgan fingerprint density at radius 1 is 1.12 bits per heavy atom. The molecule has 1 aliphatic carbocycles. The number of rotatable bonds is 3. The summed E-state index contributed by atoms with van der Waals surface area (Å²) in [6.45, 7) is 1.74. The van der Waals surface area contributed by atoms with E-state index in [4.69, 9.17) is 4.74 Å². The van der Waals surface area contributed by atoms with Gasteiger partial charge < -0.3 is 9.84 Å². The van der Waals surface area contributed by atoms with E-state index in [1.165, 1.54) is 30.3 Å². The van der Waals surface area contributed by atoms with Crippen molar-refractivity contribution in [1.82, 2.24) is 0 Å². The number of carbonyl (C=O) groups is 2. The monoisotopic (exact) mass is 338 g/mol. The molecule has 1 aliphatic rings. The minimum Gasteiger partial charge on any atom is -0.506 e. The van der Waals surface area contributed by atoms with Crippen LogP contribution in [0.2, 0.25) is 0 Å². The second kappa shape index (κ2) is 6.73. The zero-order chi connectivity index (χ0) is 18.0. The van der Waals surface area contributed by atoms with Crippen LogP contribution in [-0.4, -0.2) is 23.5 Å². The Morgan fingerprint density at radius 2 is 1.76 bits per heavy atom. The van der Waals surface area contributed by atoms with Gasteiger partial charge in [-0.15, -0.1) is 0 Å². The van der Waals surface area contributed by atoms with Crippen molar-refractivity contribution in [2.75, 3.05) is 6.61 Å². The number of benzene rings is 2. The molecule has 0 unspecified atom stereocenters. The number of Topliss-reactive ketones (excluding diaryl/α,β-unsaturated/α-hetero) is 1. The van der Waals surface area contributed by atoms with E-state index in [-0.39, 0.29) is 29.1 Å². The van der Waals surface area contributed by atoms with Gasteiger partial charge in [0.2, 0.25) is 0 Å². The average molecular weight is 338 g/mol. The zero-order valence-electron chi connectivity index (χ0n) is 13.5. The number of carbonyl (C=O) groups excluding carboxylic acids is 2. The van der Waals surface area contributed by atoms with Crippen molar-refractivity contribution in [3.8, 4) is 0 Å². The van der Waals surface area contributed by atoms with Gasteiger partial charge in [0.1, 0.15) is 17.1 Å². The molecule has 2 aromatic rings. The van der Waals surface area contributed by atoms with E-state index in [0.29, 0.717) is 11.1 Å². The Kier molecular flexibility index (Phi) is 4.48. The van der Waals surface area contributed by atoms with Gasteiger partial charge in [-0.25, -0.2) is 9.18 Å². The number of hydrogen-bond acceptors (Lipinski definition) is 4. The summed E-state index contributed by atoms with van der Waals surface area (Å²) in [6.07, 6.45) is 1.44. The van der Waals surface area contributed by atoms with Crippen LogP contribution in [-0.2, 0) is 9.53 Å². The van der Waals surface area contributed by atoms with Crippen molar-refractivity contribution in [2.45, 2.75) is 6.92 Å². The van der Waals surface area contributed by atoms with Gasteiger partial charge in [-0.2, -0.15) is 0 Å². The lowest BCUT2D eigenvalue weighted by Crippen LogP contribution is -2.22. The number of esters is 1. The molecular formula is C20H15FO4. The van der Waals surface area contributed by atoms with Gasteiger partial charge >= 0.3 is 5.97 Å². The second-order valence-electron chi connectivity index (χ2n) is 5.43. The fourth-order valence-corrected chi connectivity index (χ4v) is 2.68. The van der Waals surface area contributed by atoms with Crippen molar-refractivity contribution in [1.29, 1.82) is 0 Å². The van der Waals surface area contributed by atoms with Gasteiger partial charge in [-0.05, 0) is 30.7 Å². The van der Waals surface area contributed by atoms with Gasteiger partial charge in [0, 0.05) is 16.7 Å². The molecule has 4 nitrogen and oxygen atoms in total. The summed E-state index contributed by atoms with van der Waals surface area (Å²) in [7, 11) is 0. The van der Waals surface area contributed by atoms with Crippen LogP contribution in [0, 0.1) is 5.82 Å². The fourth-order valence-electron chi connectivity index (χ4n) is 2.68. The quantitative estimate of drug-likeness (QED) is 0.680. The highest BCUT2D eigenvalue weighted by Crippen LogP contribution is 2.34. The maximum Gasteiger partial charge on any atom is 0.342 e. The summed E-state index contributed by atoms with van der Waals surface area (Å²) < 4.78 is 18.1. The van der Waals surface area contributed by atoms with Gasteiger partial charge in [0.25, 0.3) is 0 Å². The lowest BCUT2D eigenvalue weighted by molar-refractivity contribution is -0.138. The maximum atomic E-state index is 13.1. The number of ketones is 1. The van der Waals surface area contributed by atoms with Gasteiger partial charge in [-0.3, -0.25) is 4.79 Å². The Balaban J connectivity index is 2.21. The highest BCUT2D eigenvalue weighted by molar-refractivity contribution is 6.26. The van der Waals surface area contributed by atoms with Crippen LogP contribution in [0.1, 0.15) is 28.4 Å². The smallest absolute Gasteiger partial charge is 0.342 e.